The van der Waals surface area contributed by atoms with Gasteiger partial charge in [0.25, 0.3) is 0 Å². The van der Waals surface area contributed by atoms with Gasteiger partial charge in [0.05, 0.1) is 0 Å². The second-order valence-corrected chi connectivity index (χ2v) is 5.93. The van der Waals surface area contributed by atoms with Crippen LogP contribution in [0.2, 0.25) is 0 Å². The average Bonchev–Trinajstić information content (AvgIpc) is 2.97. The molecule has 2 aliphatic rings. The number of para-hydroxylation sites is 2. The first-order valence-electron chi connectivity index (χ1n) is 7.96. The maximum Gasteiger partial charge on any atom is 0.178 e. The minimum atomic E-state index is 0.240. The van der Waals surface area contributed by atoms with Crippen molar-refractivity contribution in [3.8, 4) is 0 Å². The third-order valence-corrected chi connectivity index (χ3v) is 4.67. The lowest BCUT2D eigenvalue weighted by molar-refractivity contribution is 0.600. The van der Waals surface area contributed by atoms with E-state index in [0.717, 1.165) is 24.5 Å². The molecule has 0 aliphatic carbocycles. The van der Waals surface area contributed by atoms with E-state index in [0.29, 0.717) is 0 Å². The topological polar surface area (TPSA) is 32.3 Å². The molecule has 0 radical (unpaired) electrons. The molecule has 0 N–H and O–H groups in total. The minimum absolute atomic E-state index is 0.240. The maximum absolute atomic E-state index is 4.64. The molecule has 0 spiro atoms. The fourth-order valence-electron chi connectivity index (χ4n) is 3.72. The van der Waals surface area contributed by atoms with Gasteiger partial charge in [0.15, 0.2) is 11.6 Å². The number of anilines is 4. The van der Waals surface area contributed by atoms with Crippen LogP contribution in [-0.2, 0) is 6.42 Å². The van der Waals surface area contributed by atoms with Crippen molar-refractivity contribution in [1.82, 2.24) is 9.97 Å². The second-order valence-electron chi connectivity index (χ2n) is 5.93. The van der Waals surface area contributed by atoms with Crippen LogP contribution in [0.25, 0.3) is 0 Å². The molecule has 2 aliphatic heterocycles. The Morgan fingerprint density at radius 2 is 1.48 bits per heavy atom. The molecule has 1 unspecified atom stereocenters. The highest BCUT2D eigenvalue weighted by atomic mass is 15.5. The summed E-state index contributed by atoms with van der Waals surface area (Å²) in [6.07, 6.45) is 5.93. The number of hydrogen-bond donors (Lipinski definition) is 0. The van der Waals surface area contributed by atoms with Gasteiger partial charge in [0, 0.05) is 23.8 Å². The van der Waals surface area contributed by atoms with Crippen LogP contribution in [0.5, 0.6) is 0 Å². The molecule has 4 heteroatoms. The zero-order valence-electron chi connectivity index (χ0n) is 12.6. The normalized spacial score (nSPS) is 18.3. The molecule has 0 saturated carbocycles. The van der Waals surface area contributed by atoms with Crippen LogP contribution in [0.4, 0.5) is 23.0 Å². The highest BCUT2D eigenvalue weighted by Crippen LogP contribution is 2.49. The van der Waals surface area contributed by atoms with Crippen LogP contribution in [0.1, 0.15) is 12.0 Å². The first-order valence-corrected chi connectivity index (χ1v) is 7.96. The Kier molecular flexibility index (Phi) is 2.65. The number of aromatic nitrogens is 2. The standard InChI is InChI=1S/C19H16N4/c1-2-7-15(8-3-1)22-17-11-10-14-6-4-5-9-16(14)23(17)19-18(22)20-12-13-21-19/h1-9,12-13,17H,10-11H2. The summed E-state index contributed by atoms with van der Waals surface area (Å²) in [5.41, 5.74) is 3.81. The highest BCUT2D eigenvalue weighted by Gasteiger charge is 2.42. The summed E-state index contributed by atoms with van der Waals surface area (Å²) in [6.45, 7) is 0. The fourth-order valence-corrected chi connectivity index (χ4v) is 3.72. The molecular formula is C19H16N4. The quantitative estimate of drug-likeness (QED) is 0.679. The molecule has 0 bridgehead atoms. The van der Waals surface area contributed by atoms with Crippen molar-refractivity contribution >= 4 is 23.0 Å². The molecule has 23 heavy (non-hydrogen) atoms. The number of benzene rings is 2. The molecular weight excluding hydrogens is 284 g/mol. The van der Waals surface area contributed by atoms with Gasteiger partial charge in [-0.05, 0) is 36.6 Å². The molecule has 3 aromatic rings. The molecule has 3 heterocycles. The third-order valence-electron chi connectivity index (χ3n) is 4.67. The van der Waals surface area contributed by atoms with E-state index in [4.69, 9.17) is 0 Å². The van der Waals surface area contributed by atoms with E-state index < -0.39 is 0 Å². The molecule has 4 nitrogen and oxygen atoms in total. The lowest BCUT2D eigenvalue weighted by Gasteiger charge is -2.36. The van der Waals surface area contributed by atoms with Crippen LogP contribution in [0.15, 0.2) is 67.0 Å². The van der Waals surface area contributed by atoms with Crippen molar-refractivity contribution in [2.24, 2.45) is 0 Å². The van der Waals surface area contributed by atoms with Crippen molar-refractivity contribution in [3.63, 3.8) is 0 Å². The molecule has 1 aromatic heterocycles. The first kappa shape index (κ1) is 12.6. The van der Waals surface area contributed by atoms with Crippen LogP contribution in [-0.4, -0.2) is 16.1 Å². The van der Waals surface area contributed by atoms with E-state index in [-0.39, 0.29) is 6.17 Å². The zero-order valence-corrected chi connectivity index (χ0v) is 12.6. The van der Waals surface area contributed by atoms with Gasteiger partial charge in [-0.3, -0.25) is 0 Å². The van der Waals surface area contributed by atoms with Gasteiger partial charge in [0.2, 0.25) is 0 Å². The summed E-state index contributed by atoms with van der Waals surface area (Å²) in [6, 6.07) is 19.1. The molecule has 112 valence electrons. The molecule has 1 atom stereocenters. The van der Waals surface area contributed by atoms with Crippen LogP contribution >= 0.6 is 0 Å². The van der Waals surface area contributed by atoms with Gasteiger partial charge in [-0.2, -0.15) is 0 Å². The van der Waals surface area contributed by atoms with E-state index in [1.54, 1.807) is 12.4 Å². The Labute approximate surface area is 135 Å². The number of aryl methyl sites for hydroxylation is 1. The van der Waals surface area contributed by atoms with Crippen molar-refractivity contribution in [1.29, 1.82) is 0 Å². The summed E-state index contributed by atoms with van der Waals surface area (Å²) in [5, 5.41) is 0. The SMILES string of the molecule is c1ccc(N2c3nccnc3N3c4ccccc4CCC23)cc1. The van der Waals surface area contributed by atoms with Crippen molar-refractivity contribution < 1.29 is 0 Å². The van der Waals surface area contributed by atoms with Crippen LogP contribution in [0.3, 0.4) is 0 Å². The molecule has 5 rings (SSSR count). The third kappa shape index (κ3) is 1.78. The maximum atomic E-state index is 4.64. The summed E-state index contributed by atoms with van der Waals surface area (Å²) >= 11 is 0. The molecule has 0 amide bonds. The average molecular weight is 300 g/mol. The van der Waals surface area contributed by atoms with Gasteiger partial charge < -0.3 is 9.80 Å². The lowest BCUT2D eigenvalue weighted by Crippen LogP contribution is -2.41. The Bertz CT molecular complexity index is 862. The second kappa shape index (κ2) is 4.81. The number of fused-ring (bicyclic) bond motifs is 5. The predicted octanol–water partition coefficient (Wildman–Crippen LogP) is 4.04. The fraction of sp³-hybridized carbons (Fsp3) is 0.158. The largest absolute Gasteiger partial charge is 0.302 e. The Morgan fingerprint density at radius 3 is 2.30 bits per heavy atom. The Morgan fingerprint density at radius 1 is 0.783 bits per heavy atom. The van der Waals surface area contributed by atoms with E-state index in [1.165, 1.54) is 16.9 Å². The van der Waals surface area contributed by atoms with Gasteiger partial charge >= 0.3 is 0 Å². The summed E-state index contributed by atoms with van der Waals surface area (Å²) < 4.78 is 0. The summed E-state index contributed by atoms with van der Waals surface area (Å²) in [4.78, 5) is 13.9. The van der Waals surface area contributed by atoms with Gasteiger partial charge in [-0.1, -0.05) is 36.4 Å². The molecule has 2 aromatic carbocycles. The van der Waals surface area contributed by atoms with Crippen LogP contribution < -0.4 is 9.80 Å². The van der Waals surface area contributed by atoms with Gasteiger partial charge in [-0.25, -0.2) is 9.97 Å². The number of rotatable bonds is 1. The molecule has 0 saturated heterocycles. The number of nitrogens with zero attached hydrogens (tertiary/aromatic N) is 4. The summed E-state index contributed by atoms with van der Waals surface area (Å²) in [5.74, 6) is 1.90. The first-order chi connectivity index (χ1) is 11.4. The van der Waals surface area contributed by atoms with Gasteiger partial charge in [0.1, 0.15) is 6.17 Å². The molecule has 0 fully saturated rings. The zero-order chi connectivity index (χ0) is 15.2. The smallest absolute Gasteiger partial charge is 0.178 e. The predicted molar refractivity (Wildman–Crippen MR) is 91.3 cm³/mol. The van der Waals surface area contributed by atoms with Crippen molar-refractivity contribution in [3.05, 3.63) is 72.6 Å². The van der Waals surface area contributed by atoms with Crippen LogP contribution in [0, 0.1) is 0 Å². The van der Waals surface area contributed by atoms with Crippen molar-refractivity contribution in [2.45, 2.75) is 19.0 Å². The Hall–Kier alpha value is -2.88. The Balaban J connectivity index is 1.73. The van der Waals surface area contributed by atoms with E-state index >= 15 is 0 Å². The van der Waals surface area contributed by atoms with E-state index in [2.05, 4.69) is 68.3 Å². The lowest BCUT2D eigenvalue weighted by atomic mass is 10.00. The summed E-state index contributed by atoms with van der Waals surface area (Å²) in [7, 11) is 0. The minimum Gasteiger partial charge on any atom is -0.302 e. The van der Waals surface area contributed by atoms with Crippen molar-refractivity contribution in [2.75, 3.05) is 9.80 Å². The van der Waals surface area contributed by atoms with Gasteiger partial charge in [-0.15, -0.1) is 0 Å². The van der Waals surface area contributed by atoms with E-state index in [1.807, 2.05) is 6.07 Å². The monoisotopic (exact) mass is 300 g/mol. The van der Waals surface area contributed by atoms with E-state index in [9.17, 15) is 0 Å². The number of hydrogen-bond acceptors (Lipinski definition) is 4. The highest BCUT2D eigenvalue weighted by molar-refractivity contribution is 5.84.